The van der Waals surface area contributed by atoms with Crippen molar-refractivity contribution in [3.05, 3.63) is 47.6 Å². The lowest BCUT2D eigenvalue weighted by Crippen LogP contribution is -2.22. The molecule has 0 atom stereocenters. The molecule has 96 valence electrons. The molecule has 0 amide bonds. The van der Waals surface area contributed by atoms with Crippen molar-refractivity contribution in [1.82, 2.24) is 15.0 Å². The van der Waals surface area contributed by atoms with Crippen LogP contribution in [0, 0.1) is 0 Å². The fourth-order valence-corrected chi connectivity index (χ4v) is 1.81. The van der Waals surface area contributed by atoms with E-state index in [1.165, 1.54) is 5.56 Å². The minimum Gasteiger partial charge on any atom is -0.338 e. The molecule has 1 heterocycles. The molecule has 0 bridgehead atoms. The molecule has 0 spiro atoms. The summed E-state index contributed by atoms with van der Waals surface area (Å²) in [6.07, 6.45) is 0.814. The van der Waals surface area contributed by atoms with E-state index in [0.29, 0.717) is 12.4 Å². The number of nitrogens with zero attached hydrogens (tertiary/aromatic N) is 3. The zero-order valence-corrected chi connectivity index (χ0v) is 11.0. The van der Waals surface area contributed by atoms with Crippen molar-refractivity contribution in [3.8, 4) is 0 Å². The molecule has 0 fully saturated rings. The fraction of sp³-hybridized carbons (Fsp3) is 0.429. The number of aryl methyl sites for hydroxylation is 1. The van der Waals surface area contributed by atoms with Gasteiger partial charge in [-0.05, 0) is 12.1 Å². The highest BCUT2D eigenvalue weighted by Crippen LogP contribution is 2.08. The van der Waals surface area contributed by atoms with Gasteiger partial charge in [-0.25, -0.2) is 0 Å². The number of aromatic nitrogens is 2. The molecule has 4 heteroatoms. The van der Waals surface area contributed by atoms with E-state index in [1.54, 1.807) is 0 Å². The highest BCUT2D eigenvalue weighted by Gasteiger charge is 2.10. The summed E-state index contributed by atoms with van der Waals surface area (Å²) in [4.78, 5) is 6.62. The van der Waals surface area contributed by atoms with Gasteiger partial charge in [0.15, 0.2) is 5.82 Å². The Labute approximate surface area is 108 Å². The lowest BCUT2D eigenvalue weighted by atomic mass is 10.2. The smallest absolute Gasteiger partial charge is 0.240 e. The Morgan fingerprint density at radius 3 is 2.50 bits per heavy atom. The van der Waals surface area contributed by atoms with E-state index in [1.807, 2.05) is 13.0 Å². The predicted octanol–water partition coefficient (Wildman–Crippen LogP) is 2.65. The third-order valence-corrected chi connectivity index (χ3v) is 2.88. The minimum atomic E-state index is 0.699. The first-order chi connectivity index (χ1) is 8.81. The van der Waals surface area contributed by atoms with Crippen molar-refractivity contribution in [2.75, 3.05) is 6.54 Å². The van der Waals surface area contributed by atoms with E-state index >= 15 is 0 Å². The summed E-state index contributed by atoms with van der Waals surface area (Å²) in [6.45, 7) is 6.73. The summed E-state index contributed by atoms with van der Waals surface area (Å²) in [7, 11) is 0. The number of hydrogen-bond donors (Lipinski definition) is 0. The largest absolute Gasteiger partial charge is 0.338 e. The molecule has 0 saturated heterocycles. The van der Waals surface area contributed by atoms with Crippen molar-refractivity contribution in [3.63, 3.8) is 0 Å². The van der Waals surface area contributed by atoms with Gasteiger partial charge in [0, 0.05) is 13.0 Å². The van der Waals surface area contributed by atoms with Crippen molar-refractivity contribution < 1.29 is 4.52 Å². The molecule has 2 rings (SSSR count). The van der Waals surface area contributed by atoms with Gasteiger partial charge in [-0.2, -0.15) is 4.98 Å². The maximum absolute atomic E-state index is 5.22. The van der Waals surface area contributed by atoms with Crippen molar-refractivity contribution >= 4 is 0 Å². The van der Waals surface area contributed by atoms with Crippen LogP contribution in [0.15, 0.2) is 34.9 Å². The van der Waals surface area contributed by atoms with Gasteiger partial charge in [-0.3, -0.25) is 4.90 Å². The SMILES string of the molecule is CCc1noc(CN(CC)Cc2ccccc2)n1. The van der Waals surface area contributed by atoms with Crippen LogP contribution in [0.2, 0.25) is 0 Å². The second-order valence-corrected chi connectivity index (χ2v) is 4.25. The van der Waals surface area contributed by atoms with Gasteiger partial charge < -0.3 is 4.52 Å². The Hall–Kier alpha value is -1.68. The van der Waals surface area contributed by atoms with Crippen molar-refractivity contribution in [2.24, 2.45) is 0 Å². The molecule has 0 aliphatic rings. The maximum atomic E-state index is 5.22. The molecule has 0 aliphatic heterocycles. The molecule has 0 radical (unpaired) electrons. The Kier molecular flexibility index (Phi) is 4.47. The van der Waals surface area contributed by atoms with Gasteiger partial charge >= 0.3 is 0 Å². The van der Waals surface area contributed by atoms with Crippen LogP contribution in [0.25, 0.3) is 0 Å². The van der Waals surface area contributed by atoms with Crippen LogP contribution < -0.4 is 0 Å². The highest BCUT2D eigenvalue weighted by molar-refractivity contribution is 5.14. The van der Waals surface area contributed by atoms with E-state index in [9.17, 15) is 0 Å². The molecule has 2 aromatic rings. The van der Waals surface area contributed by atoms with Crippen LogP contribution in [0.5, 0.6) is 0 Å². The van der Waals surface area contributed by atoms with Gasteiger partial charge in [0.2, 0.25) is 5.89 Å². The second-order valence-electron chi connectivity index (χ2n) is 4.25. The van der Waals surface area contributed by atoms with Crippen molar-refractivity contribution in [2.45, 2.75) is 33.4 Å². The first-order valence-corrected chi connectivity index (χ1v) is 6.39. The van der Waals surface area contributed by atoms with Gasteiger partial charge in [-0.1, -0.05) is 49.3 Å². The summed E-state index contributed by atoms with van der Waals surface area (Å²) in [6, 6.07) is 10.4. The average molecular weight is 245 g/mol. The average Bonchev–Trinajstić information content (AvgIpc) is 2.87. The Morgan fingerprint density at radius 1 is 1.11 bits per heavy atom. The fourth-order valence-electron chi connectivity index (χ4n) is 1.81. The third kappa shape index (κ3) is 3.40. The second kappa shape index (κ2) is 6.31. The van der Waals surface area contributed by atoms with E-state index in [2.05, 4.69) is 46.2 Å². The zero-order chi connectivity index (χ0) is 12.8. The summed E-state index contributed by atoms with van der Waals surface area (Å²) < 4.78 is 5.22. The number of rotatable bonds is 6. The summed E-state index contributed by atoms with van der Waals surface area (Å²) in [5.41, 5.74) is 1.30. The standard InChI is InChI=1S/C14H19N3O/c1-3-13-15-14(18-16-13)11-17(4-2)10-12-8-6-5-7-9-12/h5-9H,3-4,10-11H2,1-2H3. The molecule has 0 aliphatic carbocycles. The monoisotopic (exact) mass is 245 g/mol. The molecular weight excluding hydrogens is 226 g/mol. The molecule has 1 aromatic heterocycles. The maximum Gasteiger partial charge on any atom is 0.240 e. The number of benzene rings is 1. The topological polar surface area (TPSA) is 42.2 Å². The summed E-state index contributed by atoms with van der Waals surface area (Å²) in [5, 5.41) is 3.92. The van der Waals surface area contributed by atoms with Gasteiger partial charge in [0.05, 0.1) is 6.54 Å². The van der Waals surface area contributed by atoms with Gasteiger partial charge in [-0.15, -0.1) is 0 Å². The first-order valence-electron chi connectivity index (χ1n) is 6.39. The van der Waals surface area contributed by atoms with Crippen molar-refractivity contribution in [1.29, 1.82) is 0 Å². The summed E-state index contributed by atoms with van der Waals surface area (Å²) in [5.74, 6) is 1.48. The Balaban J connectivity index is 1.97. The molecule has 0 unspecified atom stereocenters. The first kappa shape index (κ1) is 12.8. The summed E-state index contributed by atoms with van der Waals surface area (Å²) >= 11 is 0. The lowest BCUT2D eigenvalue weighted by Gasteiger charge is -2.18. The normalized spacial score (nSPS) is 11.1. The van der Waals surface area contributed by atoms with E-state index in [4.69, 9.17) is 4.52 Å². The molecular formula is C14H19N3O. The predicted molar refractivity (Wildman–Crippen MR) is 69.9 cm³/mol. The van der Waals surface area contributed by atoms with E-state index in [0.717, 1.165) is 25.3 Å². The minimum absolute atomic E-state index is 0.699. The van der Waals surface area contributed by atoms with Crippen LogP contribution >= 0.6 is 0 Å². The molecule has 0 N–H and O–H groups in total. The van der Waals surface area contributed by atoms with Crippen LogP contribution in [0.4, 0.5) is 0 Å². The van der Waals surface area contributed by atoms with Gasteiger partial charge in [0.1, 0.15) is 0 Å². The van der Waals surface area contributed by atoms with E-state index in [-0.39, 0.29) is 0 Å². The van der Waals surface area contributed by atoms with E-state index < -0.39 is 0 Å². The Bertz CT molecular complexity index is 467. The van der Waals surface area contributed by atoms with Crippen LogP contribution in [-0.4, -0.2) is 21.6 Å². The molecule has 0 saturated carbocycles. The molecule has 4 nitrogen and oxygen atoms in total. The highest BCUT2D eigenvalue weighted by atomic mass is 16.5. The van der Waals surface area contributed by atoms with Crippen LogP contribution in [-0.2, 0) is 19.5 Å². The quantitative estimate of drug-likeness (QED) is 0.784. The molecule has 18 heavy (non-hydrogen) atoms. The van der Waals surface area contributed by atoms with Crippen LogP contribution in [0.1, 0.15) is 31.1 Å². The Morgan fingerprint density at radius 2 is 1.89 bits per heavy atom. The van der Waals surface area contributed by atoms with Gasteiger partial charge in [0.25, 0.3) is 0 Å². The lowest BCUT2D eigenvalue weighted by molar-refractivity contribution is 0.228. The third-order valence-electron chi connectivity index (χ3n) is 2.88. The van der Waals surface area contributed by atoms with Crippen LogP contribution in [0.3, 0.4) is 0 Å². The molecule has 1 aromatic carbocycles. The zero-order valence-electron chi connectivity index (χ0n) is 11.0. The number of hydrogen-bond acceptors (Lipinski definition) is 4.